The summed E-state index contributed by atoms with van der Waals surface area (Å²) >= 11 is 0. The monoisotopic (exact) mass is 1470 g/mol. The van der Waals surface area contributed by atoms with Crippen molar-refractivity contribution in [3.8, 4) is 0 Å². The number of hydrogen-bond acceptors (Lipinski definition) is 15. The first-order valence-corrected chi connectivity index (χ1v) is 43.1. The van der Waals surface area contributed by atoms with Gasteiger partial charge in [-0.05, 0) is 109 Å². The second-order valence-corrected chi connectivity index (χ2v) is 29.5. The molecule has 0 radical (unpaired) electrons. The van der Waals surface area contributed by atoms with Crippen molar-refractivity contribution < 1.29 is 80.2 Å². The van der Waals surface area contributed by atoms with E-state index in [4.69, 9.17) is 37.0 Å². The van der Waals surface area contributed by atoms with Gasteiger partial charge in [-0.15, -0.1) is 0 Å². The summed E-state index contributed by atoms with van der Waals surface area (Å²) in [7, 11) is -9.97. The third kappa shape index (κ3) is 74.0. The van der Waals surface area contributed by atoms with E-state index in [2.05, 4.69) is 137 Å². The number of allylic oxidation sites excluding steroid dienone is 18. The number of esters is 4. The molecule has 5 atom stereocenters. The van der Waals surface area contributed by atoms with Crippen LogP contribution >= 0.6 is 15.6 Å². The van der Waals surface area contributed by atoms with Crippen molar-refractivity contribution in [3.05, 3.63) is 109 Å². The topological polar surface area (TPSA) is 237 Å². The predicted octanol–water partition coefficient (Wildman–Crippen LogP) is 23.3. The molecule has 0 aliphatic heterocycles. The third-order valence-electron chi connectivity index (χ3n) is 16.8. The molecule has 0 heterocycles. The first kappa shape index (κ1) is 97.7. The third-order valence-corrected chi connectivity index (χ3v) is 18.7. The van der Waals surface area contributed by atoms with Gasteiger partial charge in [0.15, 0.2) is 12.2 Å². The van der Waals surface area contributed by atoms with Crippen molar-refractivity contribution in [2.75, 3.05) is 39.6 Å². The molecular weight excluding hydrogens is 1330 g/mol. The van der Waals surface area contributed by atoms with Gasteiger partial charge in [0.25, 0.3) is 0 Å². The van der Waals surface area contributed by atoms with Gasteiger partial charge >= 0.3 is 39.5 Å². The van der Waals surface area contributed by atoms with Gasteiger partial charge in [0, 0.05) is 25.7 Å². The lowest BCUT2D eigenvalue weighted by Crippen LogP contribution is -2.30. The maximum absolute atomic E-state index is 13.1. The fourth-order valence-corrected chi connectivity index (χ4v) is 12.3. The van der Waals surface area contributed by atoms with Crippen LogP contribution in [0.3, 0.4) is 0 Å². The summed E-state index contributed by atoms with van der Waals surface area (Å²) in [6, 6.07) is 0. The molecule has 0 amide bonds. The van der Waals surface area contributed by atoms with E-state index in [0.717, 1.165) is 148 Å². The lowest BCUT2D eigenvalue weighted by molar-refractivity contribution is -0.161. The molecule has 0 saturated heterocycles. The SMILES string of the molecule is CC/C=C\C/C=C\C/C=C\C/C=C\C/C=C\CCCCCC(=O)OCC(COP(=O)(O)OCC(O)COP(=O)(O)OCC(COC(=O)CCCCCCCCCCCCCCC)OC(=O)CCCCCCCCCCCCCCC)OC(=O)CCCCCC/C=C\C/C=C\C/C=C\C/C=C\CC. The highest BCUT2D eigenvalue weighted by Gasteiger charge is 2.30. The highest BCUT2D eigenvalue weighted by atomic mass is 31.2. The average molecular weight is 1480 g/mol. The number of carbonyl (C=O) groups is 4. The van der Waals surface area contributed by atoms with Crippen LogP contribution < -0.4 is 0 Å². The first-order chi connectivity index (χ1) is 49.7. The molecule has 0 spiro atoms. The molecule has 0 aliphatic carbocycles. The Balaban J connectivity index is 5.39. The van der Waals surface area contributed by atoms with E-state index in [0.29, 0.717) is 25.7 Å². The molecule has 0 aromatic carbocycles. The minimum absolute atomic E-state index is 0.0581. The van der Waals surface area contributed by atoms with Gasteiger partial charge in [-0.25, -0.2) is 9.13 Å². The molecule has 0 saturated carbocycles. The number of hydrogen-bond donors (Lipinski definition) is 3. The fraction of sp³-hybridized carbons (Fsp3) is 0.735. The summed E-state index contributed by atoms with van der Waals surface area (Å²) < 4.78 is 68.6. The van der Waals surface area contributed by atoms with E-state index in [9.17, 15) is 43.2 Å². The first-order valence-electron chi connectivity index (χ1n) is 40.1. The highest BCUT2D eigenvalue weighted by molar-refractivity contribution is 7.47. The number of aliphatic hydroxyl groups excluding tert-OH is 1. The second kappa shape index (κ2) is 75.0. The number of ether oxygens (including phenoxy) is 4. The number of phosphoric ester groups is 2. The van der Waals surface area contributed by atoms with Crippen LogP contribution in [0.15, 0.2) is 109 Å². The van der Waals surface area contributed by atoms with Crippen LogP contribution in [0.5, 0.6) is 0 Å². The van der Waals surface area contributed by atoms with Crippen LogP contribution in [0.4, 0.5) is 0 Å². The van der Waals surface area contributed by atoms with Gasteiger partial charge < -0.3 is 33.8 Å². The van der Waals surface area contributed by atoms with Gasteiger partial charge in [0.1, 0.15) is 19.3 Å². The Bertz CT molecular complexity index is 2360. The molecule has 588 valence electrons. The van der Waals surface area contributed by atoms with Crippen LogP contribution in [-0.2, 0) is 65.4 Å². The summed E-state index contributed by atoms with van der Waals surface area (Å²) in [4.78, 5) is 73.0. The molecule has 0 fully saturated rings. The van der Waals surface area contributed by atoms with Crippen molar-refractivity contribution in [1.82, 2.24) is 0 Å². The van der Waals surface area contributed by atoms with Crippen molar-refractivity contribution in [2.24, 2.45) is 0 Å². The molecule has 0 aromatic rings. The van der Waals surface area contributed by atoms with E-state index in [-0.39, 0.29) is 25.7 Å². The fourth-order valence-electron chi connectivity index (χ4n) is 10.7. The minimum Gasteiger partial charge on any atom is -0.462 e. The number of phosphoric acid groups is 2. The molecule has 0 aliphatic rings. The quantitative estimate of drug-likeness (QED) is 0.0169. The van der Waals surface area contributed by atoms with E-state index in [1.165, 1.54) is 109 Å². The van der Waals surface area contributed by atoms with E-state index < -0.39 is 97.5 Å². The standard InChI is InChI=1S/C83H144O17P2/c1-5-9-13-17-21-25-29-33-35-37-38-40-41-45-48-52-56-60-64-68-81(86)94-74-79(100-83(88)70-66-62-58-54-50-46-42-39-36-34-30-26-22-18-14-10-6-2)76-98-102(91,92)96-72-77(84)71-95-101(89,90)97-75-78(99-82(87)69-65-61-57-53-49-44-32-28-24-20-16-12-8-4)73-93-80(85)67-63-59-55-51-47-43-31-27-23-19-15-11-7-3/h9-10,13-14,21-22,25-26,33-36,38,40,42,45-46,48,77-79,84H,5-8,11-12,15-20,23-24,27-32,37,39,41,43-44,47,49-76H2,1-4H3,(H,89,90)(H,91,92)/b13-9-,14-10-,25-21-,26-22-,35-33-,36-34-,40-38-,46-42-,48-45-. The van der Waals surface area contributed by atoms with Crippen LogP contribution in [-0.4, -0.2) is 96.7 Å². The molecule has 0 bridgehead atoms. The van der Waals surface area contributed by atoms with E-state index >= 15 is 0 Å². The molecule has 17 nitrogen and oxygen atoms in total. The largest absolute Gasteiger partial charge is 0.472 e. The Morgan fingerprint density at radius 1 is 0.284 bits per heavy atom. The van der Waals surface area contributed by atoms with E-state index in [1.54, 1.807) is 0 Å². The van der Waals surface area contributed by atoms with Crippen molar-refractivity contribution in [1.29, 1.82) is 0 Å². The Morgan fingerprint density at radius 3 is 0.794 bits per heavy atom. The van der Waals surface area contributed by atoms with Crippen LogP contribution in [0.25, 0.3) is 0 Å². The molecule has 0 rings (SSSR count). The van der Waals surface area contributed by atoms with Crippen molar-refractivity contribution in [2.45, 2.75) is 354 Å². The Labute approximate surface area is 619 Å². The Hall–Kier alpha value is -4.28. The highest BCUT2D eigenvalue weighted by Crippen LogP contribution is 2.45. The lowest BCUT2D eigenvalue weighted by atomic mass is 10.0. The normalized spacial score (nSPS) is 14.5. The minimum atomic E-state index is -4.99. The summed E-state index contributed by atoms with van der Waals surface area (Å²) in [6.45, 7) is 4.62. The molecular formula is C83H144O17P2. The number of rotatable bonds is 75. The van der Waals surface area contributed by atoms with Gasteiger partial charge in [-0.2, -0.15) is 0 Å². The smallest absolute Gasteiger partial charge is 0.462 e. The van der Waals surface area contributed by atoms with Crippen LogP contribution in [0.1, 0.15) is 336 Å². The molecule has 0 aromatic heterocycles. The van der Waals surface area contributed by atoms with Gasteiger partial charge in [0.05, 0.1) is 26.4 Å². The predicted molar refractivity (Wildman–Crippen MR) is 418 cm³/mol. The Morgan fingerprint density at radius 2 is 0.510 bits per heavy atom. The Kier molecular flexibility index (Phi) is 71.8. The zero-order chi connectivity index (χ0) is 74.6. The van der Waals surface area contributed by atoms with Gasteiger partial charge in [-0.1, -0.05) is 310 Å². The van der Waals surface area contributed by atoms with Crippen LogP contribution in [0, 0.1) is 0 Å². The van der Waals surface area contributed by atoms with Gasteiger partial charge in [-0.3, -0.25) is 37.3 Å². The molecule has 3 N–H and O–H groups in total. The maximum Gasteiger partial charge on any atom is 0.472 e. The number of unbranched alkanes of at least 4 members (excludes halogenated alkanes) is 31. The average Bonchev–Trinajstić information content (AvgIpc) is 0.923. The van der Waals surface area contributed by atoms with Crippen molar-refractivity contribution in [3.63, 3.8) is 0 Å². The lowest BCUT2D eigenvalue weighted by Gasteiger charge is -2.21. The van der Waals surface area contributed by atoms with Gasteiger partial charge in [0.2, 0.25) is 0 Å². The maximum atomic E-state index is 13.1. The van der Waals surface area contributed by atoms with E-state index in [1.807, 2.05) is 0 Å². The number of aliphatic hydroxyl groups is 1. The molecule has 19 heteroatoms. The second-order valence-electron chi connectivity index (χ2n) is 26.6. The summed E-state index contributed by atoms with van der Waals surface area (Å²) in [5.74, 6) is -2.22. The zero-order valence-electron chi connectivity index (χ0n) is 64.3. The summed E-state index contributed by atoms with van der Waals surface area (Å²) in [6.07, 6.45) is 80.6. The number of carbonyl (C=O) groups excluding carboxylic acids is 4. The summed E-state index contributed by atoms with van der Waals surface area (Å²) in [5.41, 5.74) is 0. The summed E-state index contributed by atoms with van der Waals surface area (Å²) in [5, 5.41) is 10.6. The van der Waals surface area contributed by atoms with Crippen molar-refractivity contribution >= 4 is 39.5 Å². The van der Waals surface area contributed by atoms with Crippen LogP contribution in [0.2, 0.25) is 0 Å². The molecule has 102 heavy (non-hydrogen) atoms. The molecule has 5 unspecified atom stereocenters. The zero-order valence-corrected chi connectivity index (χ0v) is 66.0.